The minimum atomic E-state index is -3.77. The second-order valence-corrected chi connectivity index (χ2v) is 8.28. The average Bonchev–Trinajstić information content (AvgIpc) is 2.65. The molecule has 2 rings (SSSR count). The molecule has 0 aliphatic rings. The molecular formula is C21H26N2O3S. The Kier molecular flexibility index (Phi) is 6.93. The van der Waals surface area contributed by atoms with Crippen LogP contribution >= 0.6 is 0 Å². The number of carbonyl (C=O) groups excluding carboxylic acids is 1. The second-order valence-electron chi connectivity index (χ2n) is 6.72. The summed E-state index contributed by atoms with van der Waals surface area (Å²) >= 11 is 0. The van der Waals surface area contributed by atoms with Gasteiger partial charge in [0, 0.05) is 13.1 Å². The number of carbonyl (C=O) groups is 1. The van der Waals surface area contributed by atoms with Crippen molar-refractivity contribution in [3.8, 4) is 0 Å². The molecule has 0 radical (unpaired) electrons. The molecular weight excluding hydrogens is 360 g/mol. The molecule has 0 saturated carbocycles. The van der Waals surface area contributed by atoms with Crippen LogP contribution in [0, 0.1) is 0 Å². The highest BCUT2D eigenvalue weighted by atomic mass is 32.2. The van der Waals surface area contributed by atoms with E-state index in [9.17, 15) is 13.2 Å². The topological polar surface area (TPSA) is 80.5 Å². The summed E-state index contributed by atoms with van der Waals surface area (Å²) in [5.41, 5.74) is 2.95. The van der Waals surface area contributed by atoms with Gasteiger partial charge in [0.1, 0.15) is 0 Å². The Morgan fingerprint density at radius 2 is 1.81 bits per heavy atom. The van der Waals surface area contributed by atoms with Gasteiger partial charge in [-0.3, -0.25) is 4.79 Å². The fraction of sp³-hybridized carbons (Fsp3) is 0.286. The molecule has 0 saturated heterocycles. The molecule has 1 atom stereocenters. The maximum atomic E-state index is 12.6. The first kappa shape index (κ1) is 20.9. The monoisotopic (exact) mass is 386 g/mol. The number of aryl methyl sites for hydroxylation is 1. The Balaban J connectivity index is 2.05. The number of primary sulfonamides is 1. The molecule has 0 aromatic heterocycles. The largest absolute Gasteiger partial charge is 0.335 e. The van der Waals surface area contributed by atoms with Gasteiger partial charge >= 0.3 is 0 Å². The van der Waals surface area contributed by atoms with Gasteiger partial charge in [0.15, 0.2) is 0 Å². The summed E-state index contributed by atoms with van der Waals surface area (Å²) in [6.07, 6.45) is 3.33. The van der Waals surface area contributed by atoms with E-state index in [0.29, 0.717) is 5.56 Å². The summed E-state index contributed by atoms with van der Waals surface area (Å²) in [7, 11) is -2.07. The van der Waals surface area contributed by atoms with Crippen LogP contribution in [0.3, 0.4) is 0 Å². The minimum Gasteiger partial charge on any atom is -0.335 e. The van der Waals surface area contributed by atoms with Crippen LogP contribution < -0.4 is 5.14 Å². The lowest BCUT2D eigenvalue weighted by molar-refractivity contribution is -0.126. The Labute approximate surface area is 161 Å². The van der Waals surface area contributed by atoms with Gasteiger partial charge in [0.25, 0.3) is 0 Å². The number of allylic oxidation sites excluding steroid dienone is 1. The van der Waals surface area contributed by atoms with Gasteiger partial charge in [0.05, 0.1) is 10.9 Å². The highest BCUT2D eigenvalue weighted by Gasteiger charge is 2.18. The quantitative estimate of drug-likeness (QED) is 0.740. The molecule has 6 heteroatoms. The smallest absolute Gasteiger partial charge is 0.246 e. The lowest BCUT2D eigenvalue weighted by atomic mass is 10.0. The van der Waals surface area contributed by atoms with Gasteiger partial charge in [0.2, 0.25) is 15.9 Å². The molecule has 2 aromatic carbocycles. The zero-order valence-electron chi connectivity index (χ0n) is 15.9. The molecule has 0 bridgehead atoms. The Morgan fingerprint density at radius 1 is 1.15 bits per heavy atom. The molecule has 144 valence electrons. The first-order valence-electron chi connectivity index (χ1n) is 8.79. The fourth-order valence-electron chi connectivity index (χ4n) is 2.74. The summed E-state index contributed by atoms with van der Waals surface area (Å²) in [5.74, 6) is -0.117. The zero-order chi connectivity index (χ0) is 20.0. The Bertz CT molecular complexity index is 921. The molecule has 0 heterocycles. The first-order valence-corrected chi connectivity index (χ1v) is 10.3. The molecule has 0 spiro atoms. The predicted molar refractivity (Wildman–Crippen MR) is 108 cm³/mol. The second kappa shape index (κ2) is 8.97. The first-order chi connectivity index (χ1) is 12.7. The number of benzene rings is 2. The van der Waals surface area contributed by atoms with Crippen molar-refractivity contribution < 1.29 is 13.2 Å². The number of nitrogens with two attached hydrogens (primary N) is 1. The van der Waals surface area contributed by atoms with Gasteiger partial charge < -0.3 is 4.90 Å². The highest BCUT2D eigenvalue weighted by Crippen LogP contribution is 2.22. The number of likely N-dealkylation sites (N-methyl/N-ethyl adjacent to an activating group) is 1. The van der Waals surface area contributed by atoms with Crippen molar-refractivity contribution in [2.45, 2.75) is 37.6 Å². The van der Waals surface area contributed by atoms with Crippen molar-refractivity contribution >= 4 is 15.9 Å². The summed E-state index contributed by atoms with van der Waals surface area (Å²) < 4.78 is 23.1. The van der Waals surface area contributed by atoms with E-state index in [4.69, 9.17) is 5.14 Å². The maximum absolute atomic E-state index is 12.6. The standard InChI is InChI=1S/C21H26N2O3S/c1-16(12-13-18-8-5-4-6-9-18)14-21(24)23(3)17(2)19-10-7-11-20(15-19)27(22,25)26/h4-11,14-15,17H,12-13H2,1-3H3,(H2,22,25,26)/b16-14-. The minimum absolute atomic E-state index is 0.0438. The van der Waals surface area contributed by atoms with E-state index < -0.39 is 10.0 Å². The summed E-state index contributed by atoms with van der Waals surface area (Å²) in [6, 6.07) is 16.2. The zero-order valence-corrected chi connectivity index (χ0v) is 16.7. The third-order valence-electron chi connectivity index (χ3n) is 4.62. The van der Waals surface area contributed by atoms with E-state index in [0.717, 1.165) is 18.4 Å². The molecule has 0 fully saturated rings. The summed E-state index contributed by atoms with van der Waals surface area (Å²) in [4.78, 5) is 14.2. The van der Waals surface area contributed by atoms with Crippen molar-refractivity contribution in [1.82, 2.24) is 4.90 Å². The lowest BCUT2D eigenvalue weighted by Crippen LogP contribution is -2.28. The van der Waals surface area contributed by atoms with Gasteiger partial charge in [-0.2, -0.15) is 0 Å². The molecule has 1 amide bonds. The number of hydrogen-bond donors (Lipinski definition) is 1. The molecule has 1 unspecified atom stereocenters. The van der Waals surface area contributed by atoms with Crippen LogP contribution in [-0.2, 0) is 21.2 Å². The van der Waals surface area contributed by atoms with Crippen LogP contribution in [0.4, 0.5) is 0 Å². The van der Waals surface area contributed by atoms with E-state index >= 15 is 0 Å². The Morgan fingerprint density at radius 3 is 2.44 bits per heavy atom. The number of rotatable bonds is 7. The van der Waals surface area contributed by atoms with E-state index in [2.05, 4.69) is 12.1 Å². The maximum Gasteiger partial charge on any atom is 0.246 e. The van der Waals surface area contributed by atoms with Crippen LogP contribution in [0.5, 0.6) is 0 Å². The van der Waals surface area contributed by atoms with E-state index in [1.54, 1.807) is 30.2 Å². The average molecular weight is 387 g/mol. The highest BCUT2D eigenvalue weighted by molar-refractivity contribution is 7.89. The molecule has 27 heavy (non-hydrogen) atoms. The van der Waals surface area contributed by atoms with E-state index in [1.165, 1.54) is 17.7 Å². The fourth-order valence-corrected chi connectivity index (χ4v) is 3.31. The van der Waals surface area contributed by atoms with E-state index in [-0.39, 0.29) is 16.8 Å². The lowest BCUT2D eigenvalue weighted by Gasteiger charge is -2.24. The SMILES string of the molecule is C/C(=C/C(=O)N(C)C(C)c1cccc(S(N)(=O)=O)c1)CCc1ccccc1. The van der Waals surface area contributed by atoms with Gasteiger partial charge in [-0.1, -0.05) is 48.0 Å². The van der Waals surface area contributed by atoms with Crippen LogP contribution in [0.25, 0.3) is 0 Å². The number of hydrogen-bond acceptors (Lipinski definition) is 3. The third kappa shape index (κ3) is 6.05. The van der Waals surface area contributed by atoms with Crippen LogP contribution in [0.15, 0.2) is 71.1 Å². The Hall–Kier alpha value is -2.44. The van der Waals surface area contributed by atoms with Crippen molar-refractivity contribution in [3.05, 3.63) is 77.4 Å². The van der Waals surface area contributed by atoms with Gasteiger partial charge in [-0.25, -0.2) is 13.6 Å². The molecule has 2 N–H and O–H groups in total. The van der Waals surface area contributed by atoms with Crippen molar-refractivity contribution in [2.24, 2.45) is 5.14 Å². The number of sulfonamides is 1. The van der Waals surface area contributed by atoms with Crippen LogP contribution in [0.2, 0.25) is 0 Å². The number of amides is 1. The normalized spacial score (nSPS) is 13.3. The van der Waals surface area contributed by atoms with Crippen LogP contribution in [-0.4, -0.2) is 26.3 Å². The molecule has 0 aliphatic carbocycles. The predicted octanol–water partition coefficient (Wildman–Crippen LogP) is 3.43. The summed E-state index contributed by atoms with van der Waals surface area (Å²) in [6.45, 7) is 3.80. The third-order valence-corrected chi connectivity index (χ3v) is 5.53. The van der Waals surface area contributed by atoms with Gasteiger partial charge in [-0.05, 0) is 49.9 Å². The van der Waals surface area contributed by atoms with Crippen LogP contribution in [0.1, 0.15) is 37.4 Å². The number of nitrogens with zero attached hydrogens (tertiary/aromatic N) is 1. The van der Waals surface area contributed by atoms with Crippen molar-refractivity contribution in [3.63, 3.8) is 0 Å². The molecule has 5 nitrogen and oxygen atoms in total. The van der Waals surface area contributed by atoms with E-state index in [1.807, 2.05) is 32.0 Å². The van der Waals surface area contributed by atoms with Gasteiger partial charge in [-0.15, -0.1) is 0 Å². The molecule has 2 aromatic rings. The summed E-state index contributed by atoms with van der Waals surface area (Å²) in [5, 5.41) is 5.19. The van der Waals surface area contributed by atoms with Crippen molar-refractivity contribution in [1.29, 1.82) is 0 Å². The van der Waals surface area contributed by atoms with Crippen molar-refractivity contribution in [2.75, 3.05) is 7.05 Å². The molecule has 0 aliphatic heterocycles.